The van der Waals surface area contributed by atoms with Gasteiger partial charge in [-0.25, -0.2) is 4.79 Å². The van der Waals surface area contributed by atoms with Gasteiger partial charge in [-0.15, -0.1) is 10.2 Å². The van der Waals surface area contributed by atoms with E-state index in [1.54, 1.807) is 0 Å². The number of hydrogen-bond donors (Lipinski definition) is 3. The molecule has 0 aliphatic heterocycles. The molecule has 0 bridgehead atoms. The van der Waals surface area contributed by atoms with Gasteiger partial charge in [0.2, 0.25) is 10.1 Å². The average molecular weight is 310 g/mol. The van der Waals surface area contributed by atoms with Crippen LogP contribution in [0.2, 0.25) is 0 Å². The van der Waals surface area contributed by atoms with E-state index >= 15 is 0 Å². The lowest BCUT2D eigenvalue weighted by atomic mass is 10.0. The maximum atomic E-state index is 12.3. The number of hydrogen-bond acceptors (Lipinski definition) is 5. The van der Waals surface area contributed by atoms with E-state index in [0.29, 0.717) is 12.8 Å². The number of aromatic nitrogens is 2. The molecule has 3 N–H and O–H groups in total. The molecule has 0 radical (unpaired) electrons. The van der Waals surface area contributed by atoms with Crippen molar-refractivity contribution in [3.63, 3.8) is 0 Å². The Morgan fingerprint density at radius 2 is 2.00 bits per heavy atom. The number of carbonyl (C=O) groups is 1. The summed E-state index contributed by atoms with van der Waals surface area (Å²) in [5, 5.41) is 19.4. The van der Waals surface area contributed by atoms with Crippen molar-refractivity contribution in [2.75, 3.05) is 11.9 Å². The molecule has 1 fully saturated rings. The molecule has 112 valence electrons. The minimum absolute atomic E-state index is 0.0593. The summed E-state index contributed by atoms with van der Waals surface area (Å²) in [6.45, 7) is 0.0593. The van der Waals surface area contributed by atoms with E-state index in [1.807, 2.05) is 0 Å². The first-order valence-corrected chi connectivity index (χ1v) is 6.78. The third-order valence-corrected chi connectivity index (χ3v) is 3.88. The number of alkyl halides is 3. The molecular formula is C10H13F3N4O2S. The topological polar surface area (TPSA) is 87.1 Å². The molecule has 2 rings (SSSR count). The number of halogens is 3. The fourth-order valence-corrected chi connectivity index (χ4v) is 2.59. The van der Waals surface area contributed by atoms with Crippen LogP contribution in [0.25, 0.3) is 0 Å². The maximum Gasteiger partial charge on any atom is 0.445 e. The number of aliphatic hydroxyl groups is 1. The molecule has 0 saturated heterocycles. The SMILES string of the molecule is O=C(NCC1(O)CCCC1)Nc1nnc(C(F)(F)F)s1. The molecule has 1 aromatic heterocycles. The molecule has 1 saturated carbocycles. The standard InChI is InChI=1S/C10H13F3N4O2S/c11-10(12,13)6-16-17-8(20-6)15-7(18)14-5-9(19)3-1-2-4-9/h19H,1-5H2,(H2,14,15,17,18). The smallest absolute Gasteiger partial charge is 0.388 e. The highest BCUT2D eigenvalue weighted by molar-refractivity contribution is 7.15. The predicted octanol–water partition coefficient (Wildman–Crippen LogP) is 1.98. The molecule has 2 amide bonds. The van der Waals surface area contributed by atoms with Crippen LogP contribution >= 0.6 is 11.3 Å². The van der Waals surface area contributed by atoms with Gasteiger partial charge in [0.1, 0.15) is 0 Å². The number of urea groups is 1. The highest BCUT2D eigenvalue weighted by Crippen LogP contribution is 2.33. The maximum absolute atomic E-state index is 12.3. The van der Waals surface area contributed by atoms with Gasteiger partial charge in [-0.1, -0.05) is 24.2 Å². The van der Waals surface area contributed by atoms with Gasteiger partial charge in [-0.3, -0.25) is 5.32 Å². The zero-order valence-corrected chi connectivity index (χ0v) is 11.1. The van der Waals surface area contributed by atoms with Gasteiger partial charge in [0.15, 0.2) is 0 Å². The molecular weight excluding hydrogens is 297 g/mol. The van der Waals surface area contributed by atoms with Crippen molar-refractivity contribution in [2.24, 2.45) is 0 Å². The van der Waals surface area contributed by atoms with E-state index in [9.17, 15) is 23.1 Å². The van der Waals surface area contributed by atoms with Gasteiger partial charge >= 0.3 is 12.2 Å². The van der Waals surface area contributed by atoms with Gasteiger partial charge < -0.3 is 10.4 Å². The molecule has 0 aromatic carbocycles. The van der Waals surface area contributed by atoms with Crippen LogP contribution in [0.5, 0.6) is 0 Å². The van der Waals surface area contributed by atoms with Crippen LogP contribution < -0.4 is 10.6 Å². The molecule has 1 aliphatic carbocycles. The number of nitrogens with one attached hydrogen (secondary N) is 2. The predicted molar refractivity (Wildman–Crippen MR) is 65.4 cm³/mol. The average Bonchev–Trinajstić information content (AvgIpc) is 2.96. The summed E-state index contributed by atoms with van der Waals surface area (Å²) in [6, 6.07) is -0.713. The third-order valence-electron chi connectivity index (χ3n) is 3.00. The fraction of sp³-hybridized carbons (Fsp3) is 0.700. The van der Waals surface area contributed by atoms with Crippen molar-refractivity contribution in [3.05, 3.63) is 5.01 Å². The zero-order valence-electron chi connectivity index (χ0n) is 10.3. The van der Waals surface area contributed by atoms with Crippen LogP contribution in [-0.2, 0) is 6.18 Å². The second kappa shape index (κ2) is 5.52. The van der Waals surface area contributed by atoms with Crippen LogP contribution in [0.15, 0.2) is 0 Å². The van der Waals surface area contributed by atoms with Gasteiger partial charge in [-0.05, 0) is 12.8 Å². The number of amides is 2. The lowest BCUT2D eigenvalue weighted by Crippen LogP contribution is -2.42. The first-order valence-electron chi connectivity index (χ1n) is 5.96. The van der Waals surface area contributed by atoms with E-state index in [-0.39, 0.29) is 23.0 Å². The first-order chi connectivity index (χ1) is 9.28. The molecule has 1 heterocycles. The van der Waals surface area contributed by atoms with Crippen LogP contribution in [0.3, 0.4) is 0 Å². The van der Waals surface area contributed by atoms with Crippen LogP contribution in [0.1, 0.15) is 30.7 Å². The molecule has 0 atom stereocenters. The van der Waals surface area contributed by atoms with Gasteiger partial charge in [-0.2, -0.15) is 13.2 Å². The Morgan fingerprint density at radius 1 is 1.35 bits per heavy atom. The number of carbonyl (C=O) groups excluding carboxylic acids is 1. The Bertz CT molecular complexity index is 485. The van der Waals surface area contributed by atoms with Crippen molar-refractivity contribution in [1.82, 2.24) is 15.5 Å². The van der Waals surface area contributed by atoms with E-state index in [4.69, 9.17) is 0 Å². The Labute approximate surface area is 116 Å². The molecule has 0 unspecified atom stereocenters. The summed E-state index contributed by atoms with van der Waals surface area (Å²) >= 11 is 0.244. The molecule has 6 nitrogen and oxygen atoms in total. The Hall–Kier alpha value is -1.42. The van der Waals surface area contributed by atoms with E-state index < -0.39 is 22.8 Å². The Kier molecular flexibility index (Phi) is 4.14. The minimum atomic E-state index is -4.58. The minimum Gasteiger partial charge on any atom is -0.388 e. The monoisotopic (exact) mass is 310 g/mol. The summed E-state index contributed by atoms with van der Waals surface area (Å²) in [5.74, 6) is 0. The molecule has 1 aromatic rings. The van der Waals surface area contributed by atoms with Crippen molar-refractivity contribution in [2.45, 2.75) is 37.5 Å². The largest absolute Gasteiger partial charge is 0.445 e. The molecule has 20 heavy (non-hydrogen) atoms. The van der Waals surface area contributed by atoms with Gasteiger partial charge in [0.05, 0.1) is 5.60 Å². The van der Waals surface area contributed by atoms with Gasteiger partial charge in [0.25, 0.3) is 0 Å². The van der Waals surface area contributed by atoms with Gasteiger partial charge in [0, 0.05) is 6.54 Å². The first kappa shape index (κ1) is 15.0. The number of nitrogens with zero attached hydrogens (tertiary/aromatic N) is 2. The van der Waals surface area contributed by atoms with Crippen molar-refractivity contribution in [1.29, 1.82) is 0 Å². The number of rotatable bonds is 3. The van der Waals surface area contributed by atoms with E-state index in [2.05, 4.69) is 20.8 Å². The lowest BCUT2D eigenvalue weighted by molar-refractivity contribution is -0.138. The van der Waals surface area contributed by atoms with Crippen molar-refractivity contribution in [3.8, 4) is 0 Å². The van der Waals surface area contributed by atoms with Crippen molar-refractivity contribution >= 4 is 22.5 Å². The summed E-state index contributed by atoms with van der Waals surface area (Å²) in [6.07, 6.45) is -1.59. The fourth-order valence-electron chi connectivity index (χ4n) is 1.98. The normalized spacial score (nSPS) is 18.0. The van der Waals surface area contributed by atoms with Crippen LogP contribution in [0, 0.1) is 0 Å². The number of anilines is 1. The zero-order chi connectivity index (χ0) is 14.8. The van der Waals surface area contributed by atoms with Crippen LogP contribution in [0.4, 0.5) is 23.1 Å². The Morgan fingerprint density at radius 3 is 2.55 bits per heavy atom. The highest BCUT2D eigenvalue weighted by Gasteiger charge is 2.36. The third kappa shape index (κ3) is 3.79. The summed E-state index contributed by atoms with van der Waals surface area (Å²) in [7, 11) is 0. The molecule has 0 spiro atoms. The summed E-state index contributed by atoms with van der Waals surface area (Å²) in [5.41, 5.74) is -0.921. The molecule has 1 aliphatic rings. The van der Waals surface area contributed by atoms with E-state index in [0.717, 1.165) is 12.8 Å². The van der Waals surface area contributed by atoms with Crippen molar-refractivity contribution < 1.29 is 23.1 Å². The second-order valence-corrected chi connectivity index (χ2v) is 5.63. The van der Waals surface area contributed by atoms with E-state index in [1.165, 1.54) is 0 Å². The Balaban J connectivity index is 1.84. The summed E-state index contributed by atoms with van der Waals surface area (Å²) < 4.78 is 36.9. The lowest BCUT2D eigenvalue weighted by Gasteiger charge is -2.22. The highest BCUT2D eigenvalue weighted by atomic mass is 32.1. The van der Waals surface area contributed by atoms with Crippen LogP contribution in [-0.4, -0.2) is 33.5 Å². The molecule has 10 heteroatoms. The second-order valence-electron chi connectivity index (χ2n) is 4.65. The summed E-state index contributed by atoms with van der Waals surface area (Å²) in [4.78, 5) is 11.5. The quantitative estimate of drug-likeness (QED) is 0.796.